The Labute approximate surface area is 152 Å². The Morgan fingerprint density at radius 3 is 2.48 bits per heavy atom. The van der Waals surface area contributed by atoms with Crippen LogP contribution in [0.25, 0.3) is 0 Å². The minimum Gasteiger partial charge on any atom is -0.493 e. The summed E-state index contributed by atoms with van der Waals surface area (Å²) in [7, 11) is 1.68. The molecule has 1 unspecified atom stereocenters. The van der Waals surface area contributed by atoms with Crippen LogP contribution in [-0.2, 0) is 6.42 Å². The Kier molecular flexibility index (Phi) is 7.32. The summed E-state index contributed by atoms with van der Waals surface area (Å²) in [6.07, 6.45) is 3.06. The molecule has 0 radical (unpaired) electrons. The molecule has 0 aromatic heterocycles. The molecular weight excluding hydrogens is 310 g/mol. The Balaban J connectivity index is 2.20. The van der Waals surface area contributed by atoms with Crippen LogP contribution in [0.4, 0.5) is 0 Å². The van der Waals surface area contributed by atoms with Crippen LogP contribution in [0.2, 0.25) is 0 Å². The summed E-state index contributed by atoms with van der Waals surface area (Å²) < 4.78 is 11.3. The van der Waals surface area contributed by atoms with Crippen LogP contribution >= 0.6 is 0 Å². The molecule has 25 heavy (non-hydrogen) atoms. The first-order valence-corrected chi connectivity index (χ1v) is 9.16. The van der Waals surface area contributed by atoms with Gasteiger partial charge >= 0.3 is 0 Å². The largest absolute Gasteiger partial charge is 0.493 e. The quantitative estimate of drug-likeness (QED) is 0.668. The Bertz CT molecular complexity index is 682. The predicted octanol–water partition coefficient (Wildman–Crippen LogP) is 4.78. The third-order valence-corrected chi connectivity index (χ3v) is 4.62. The van der Waals surface area contributed by atoms with Crippen LogP contribution in [-0.4, -0.2) is 20.3 Å². The normalized spacial score (nSPS) is 12.0. The minimum absolute atomic E-state index is 0.303. The molecule has 136 valence electrons. The minimum atomic E-state index is 0.303. The van der Waals surface area contributed by atoms with Gasteiger partial charge in [0, 0.05) is 5.92 Å². The zero-order chi connectivity index (χ0) is 18.2. The highest BCUT2D eigenvalue weighted by Gasteiger charge is 2.15. The first-order chi connectivity index (χ1) is 12.1. The standard InChI is InChI=1S/C22H31NO2/c1-5-6-11-25-22-14-18(8-10-21(22)24-4)13-19(15-23)20-9-7-16(2)12-17(20)3/h7-10,12,14,19H,5-6,11,13,15,23H2,1-4H3. The molecule has 0 saturated carbocycles. The molecule has 2 N–H and O–H groups in total. The zero-order valence-electron chi connectivity index (χ0n) is 16.0. The third kappa shape index (κ3) is 5.23. The smallest absolute Gasteiger partial charge is 0.161 e. The van der Waals surface area contributed by atoms with Crippen molar-refractivity contribution in [2.75, 3.05) is 20.3 Å². The molecule has 3 nitrogen and oxygen atoms in total. The number of unbranched alkanes of at least 4 members (excludes halogenated alkanes) is 1. The van der Waals surface area contributed by atoms with Crippen molar-refractivity contribution < 1.29 is 9.47 Å². The van der Waals surface area contributed by atoms with E-state index in [-0.39, 0.29) is 0 Å². The first-order valence-electron chi connectivity index (χ1n) is 9.16. The number of methoxy groups -OCH3 is 1. The van der Waals surface area contributed by atoms with E-state index in [2.05, 4.69) is 51.1 Å². The molecule has 0 spiro atoms. The van der Waals surface area contributed by atoms with Gasteiger partial charge in [-0.15, -0.1) is 0 Å². The molecule has 0 amide bonds. The molecule has 0 bridgehead atoms. The number of nitrogens with two attached hydrogens (primary N) is 1. The second kappa shape index (κ2) is 9.47. The predicted molar refractivity (Wildman–Crippen MR) is 105 cm³/mol. The Morgan fingerprint density at radius 2 is 1.84 bits per heavy atom. The third-order valence-electron chi connectivity index (χ3n) is 4.62. The van der Waals surface area contributed by atoms with E-state index < -0.39 is 0 Å². The van der Waals surface area contributed by atoms with Gasteiger partial charge in [0.15, 0.2) is 11.5 Å². The highest BCUT2D eigenvalue weighted by molar-refractivity contribution is 5.44. The van der Waals surface area contributed by atoms with Gasteiger partial charge < -0.3 is 15.2 Å². The van der Waals surface area contributed by atoms with Gasteiger partial charge in [-0.3, -0.25) is 0 Å². The molecule has 0 fully saturated rings. The molecule has 0 heterocycles. The van der Waals surface area contributed by atoms with Crippen LogP contribution in [0.15, 0.2) is 36.4 Å². The zero-order valence-corrected chi connectivity index (χ0v) is 16.0. The summed E-state index contributed by atoms with van der Waals surface area (Å²) in [6.45, 7) is 7.79. The fraction of sp³-hybridized carbons (Fsp3) is 0.455. The van der Waals surface area contributed by atoms with Crippen LogP contribution in [0, 0.1) is 13.8 Å². The SMILES string of the molecule is CCCCOc1cc(CC(CN)c2ccc(C)cc2C)ccc1OC. The summed E-state index contributed by atoms with van der Waals surface area (Å²) in [5.74, 6) is 1.91. The summed E-state index contributed by atoms with van der Waals surface area (Å²) in [5.41, 5.74) is 11.2. The van der Waals surface area contributed by atoms with E-state index in [0.29, 0.717) is 19.1 Å². The molecule has 2 aromatic carbocycles. The van der Waals surface area contributed by atoms with Gasteiger partial charge in [0.05, 0.1) is 13.7 Å². The highest BCUT2D eigenvalue weighted by atomic mass is 16.5. The van der Waals surface area contributed by atoms with Crippen molar-refractivity contribution >= 4 is 0 Å². The molecule has 2 rings (SSSR count). The molecule has 3 heteroatoms. The van der Waals surface area contributed by atoms with Gasteiger partial charge in [-0.2, -0.15) is 0 Å². The maximum Gasteiger partial charge on any atom is 0.161 e. The van der Waals surface area contributed by atoms with Crippen molar-refractivity contribution in [3.8, 4) is 11.5 Å². The van der Waals surface area contributed by atoms with Crippen molar-refractivity contribution in [3.63, 3.8) is 0 Å². The topological polar surface area (TPSA) is 44.5 Å². The number of hydrogen-bond donors (Lipinski definition) is 1. The van der Waals surface area contributed by atoms with Crippen LogP contribution < -0.4 is 15.2 Å². The van der Waals surface area contributed by atoms with E-state index in [4.69, 9.17) is 15.2 Å². The summed E-state index contributed by atoms with van der Waals surface area (Å²) in [5, 5.41) is 0. The van der Waals surface area contributed by atoms with E-state index in [1.165, 1.54) is 22.3 Å². The van der Waals surface area contributed by atoms with E-state index in [1.54, 1.807) is 7.11 Å². The van der Waals surface area contributed by atoms with Gasteiger partial charge in [0.1, 0.15) is 0 Å². The Morgan fingerprint density at radius 1 is 1.04 bits per heavy atom. The van der Waals surface area contributed by atoms with Crippen LogP contribution in [0.3, 0.4) is 0 Å². The Hall–Kier alpha value is -2.00. The van der Waals surface area contributed by atoms with Gasteiger partial charge in [-0.25, -0.2) is 0 Å². The second-order valence-electron chi connectivity index (χ2n) is 6.68. The van der Waals surface area contributed by atoms with E-state index in [0.717, 1.165) is 30.8 Å². The van der Waals surface area contributed by atoms with Gasteiger partial charge in [0.2, 0.25) is 0 Å². The van der Waals surface area contributed by atoms with Gasteiger partial charge in [-0.05, 0) is 62.1 Å². The second-order valence-corrected chi connectivity index (χ2v) is 6.68. The van der Waals surface area contributed by atoms with E-state index in [1.807, 2.05) is 6.07 Å². The summed E-state index contributed by atoms with van der Waals surface area (Å²) >= 11 is 0. The van der Waals surface area contributed by atoms with Crippen molar-refractivity contribution in [2.45, 2.75) is 46.0 Å². The van der Waals surface area contributed by atoms with Crippen LogP contribution in [0.5, 0.6) is 11.5 Å². The maximum atomic E-state index is 6.10. The molecule has 0 aliphatic rings. The van der Waals surface area contributed by atoms with Gasteiger partial charge in [0.25, 0.3) is 0 Å². The van der Waals surface area contributed by atoms with Crippen molar-refractivity contribution in [2.24, 2.45) is 5.73 Å². The summed E-state index contributed by atoms with van der Waals surface area (Å²) in [6, 6.07) is 12.8. The number of ether oxygens (including phenoxy) is 2. The fourth-order valence-corrected chi connectivity index (χ4v) is 3.18. The monoisotopic (exact) mass is 341 g/mol. The van der Waals surface area contributed by atoms with Crippen molar-refractivity contribution in [1.82, 2.24) is 0 Å². The lowest BCUT2D eigenvalue weighted by Crippen LogP contribution is -2.16. The highest BCUT2D eigenvalue weighted by Crippen LogP contribution is 2.31. The molecule has 0 aliphatic heterocycles. The lowest BCUT2D eigenvalue weighted by atomic mass is 9.88. The molecular formula is C22H31NO2. The number of hydrogen-bond acceptors (Lipinski definition) is 3. The number of aryl methyl sites for hydroxylation is 2. The summed E-state index contributed by atoms with van der Waals surface area (Å²) in [4.78, 5) is 0. The molecule has 0 saturated heterocycles. The maximum absolute atomic E-state index is 6.10. The average Bonchev–Trinajstić information content (AvgIpc) is 2.60. The number of benzene rings is 2. The lowest BCUT2D eigenvalue weighted by molar-refractivity contribution is 0.288. The average molecular weight is 341 g/mol. The van der Waals surface area contributed by atoms with Crippen molar-refractivity contribution in [3.05, 3.63) is 58.7 Å². The molecule has 0 aliphatic carbocycles. The molecule has 2 aromatic rings. The van der Waals surface area contributed by atoms with E-state index >= 15 is 0 Å². The van der Waals surface area contributed by atoms with Crippen LogP contribution in [0.1, 0.15) is 47.9 Å². The number of rotatable bonds is 9. The van der Waals surface area contributed by atoms with Crippen molar-refractivity contribution in [1.29, 1.82) is 0 Å². The van der Waals surface area contributed by atoms with E-state index in [9.17, 15) is 0 Å². The molecule has 1 atom stereocenters. The first kappa shape index (κ1) is 19.3. The lowest BCUT2D eigenvalue weighted by Gasteiger charge is -2.19. The fourth-order valence-electron chi connectivity index (χ4n) is 3.18. The van der Waals surface area contributed by atoms with Gasteiger partial charge in [-0.1, -0.05) is 43.2 Å².